The van der Waals surface area contributed by atoms with Crippen LogP contribution in [-0.4, -0.2) is 61.5 Å². The summed E-state index contributed by atoms with van der Waals surface area (Å²) in [6.07, 6.45) is 6.17. The number of nitriles is 1. The second-order valence-electron chi connectivity index (χ2n) is 9.67. The van der Waals surface area contributed by atoms with E-state index in [2.05, 4.69) is 21.1 Å². The number of ether oxygens (including phenoxy) is 1. The monoisotopic (exact) mass is 536 g/mol. The zero-order valence-electron chi connectivity index (χ0n) is 21.8. The predicted molar refractivity (Wildman–Crippen MR) is 148 cm³/mol. The van der Waals surface area contributed by atoms with Gasteiger partial charge in [0.25, 0.3) is 5.56 Å². The summed E-state index contributed by atoms with van der Waals surface area (Å²) in [6, 6.07) is 20.0. The molecule has 1 unspecified atom stereocenters. The van der Waals surface area contributed by atoms with Gasteiger partial charge >= 0.3 is 5.97 Å². The van der Waals surface area contributed by atoms with Crippen LogP contribution in [0.4, 0.5) is 0 Å². The molecular formula is C30H28N6O4. The van der Waals surface area contributed by atoms with Crippen LogP contribution in [0.2, 0.25) is 0 Å². The number of carboxylic acids is 1. The molecule has 1 aliphatic rings. The summed E-state index contributed by atoms with van der Waals surface area (Å²) in [7, 11) is 0. The lowest BCUT2D eigenvalue weighted by molar-refractivity contribution is -0.139. The zero-order chi connectivity index (χ0) is 27.9. The summed E-state index contributed by atoms with van der Waals surface area (Å²) in [5.74, 6) is 0.205. The molecule has 0 aliphatic carbocycles. The maximum atomic E-state index is 12.5. The molecule has 0 saturated carbocycles. The second kappa shape index (κ2) is 12.3. The Kier molecular flexibility index (Phi) is 8.23. The van der Waals surface area contributed by atoms with Gasteiger partial charge in [0.2, 0.25) is 0 Å². The van der Waals surface area contributed by atoms with Gasteiger partial charge in [-0.3, -0.25) is 14.5 Å². The van der Waals surface area contributed by atoms with E-state index in [-0.39, 0.29) is 24.7 Å². The Hall–Kier alpha value is -4.88. The van der Waals surface area contributed by atoms with Gasteiger partial charge in [0, 0.05) is 23.2 Å². The Labute approximate surface area is 231 Å². The molecule has 1 fully saturated rings. The molecule has 10 heteroatoms. The van der Waals surface area contributed by atoms with Crippen LogP contribution >= 0.6 is 0 Å². The number of aromatic nitrogens is 4. The molecule has 1 N–H and O–H groups in total. The van der Waals surface area contributed by atoms with Crippen LogP contribution in [0.25, 0.3) is 22.6 Å². The summed E-state index contributed by atoms with van der Waals surface area (Å²) in [5, 5.41) is 22.9. The van der Waals surface area contributed by atoms with Gasteiger partial charge in [-0.1, -0.05) is 36.8 Å². The Morgan fingerprint density at radius 3 is 2.65 bits per heavy atom. The highest BCUT2D eigenvalue weighted by atomic mass is 16.5. The van der Waals surface area contributed by atoms with Crippen molar-refractivity contribution in [2.45, 2.75) is 31.8 Å². The van der Waals surface area contributed by atoms with Crippen LogP contribution in [0.1, 0.15) is 30.4 Å². The first kappa shape index (κ1) is 26.7. The number of nitrogens with zero attached hydrogens (tertiary/aromatic N) is 6. The van der Waals surface area contributed by atoms with Gasteiger partial charge in [-0.2, -0.15) is 10.4 Å². The normalized spacial score (nSPS) is 15.3. The van der Waals surface area contributed by atoms with Gasteiger partial charge < -0.3 is 9.84 Å². The van der Waals surface area contributed by atoms with E-state index in [1.165, 1.54) is 10.7 Å². The number of rotatable bonds is 9. The van der Waals surface area contributed by atoms with Crippen molar-refractivity contribution in [3.63, 3.8) is 0 Å². The lowest BCUT2D eigenvalue weighted by Gasteiger charge is -2.34. The number of hydrogen-bond donors (Lipinski definition) is 1. The highest BCUT2D eigenvalue weighted by Crippen LogP contribution is 2.21. The molecule has 5 rings (SSSR count). The van der Waals surface area contributed by atoms with Crippen LogP contribution in [0, 0.1) is 11.3 Å². The Balaban J connectivity index is 1.27. The van der Waals surface area contributed by atoms with E-state index in [9.17, 15) is 14.9 Å². The van der Waals surface area contributed by atoms with Gasteiger partial charge in [-0.25, -0.2) is 14.6 Å². The molecule has 3 heterocycles. The number of benzene rings is 2. The molecule has 40 heavy (non-hydrogen) atoms. The molecule has 0 radical (unpaired) electrons. The highest BCUT2D eigenvalue weighted by Gasteiger charge is 2.24. The van der Waals surface area contributed by atoms with Gasteiger partial charge in [0.05, 0.1) is 42.8 Å². The largest absolute Gasteiger partial charge is 0.489 e. The number of carboxylic acid groups (broad SMARTS) is 1. The lowest BCUT2D eigenvalue weighted by Crippen LogP contribution is -2.45. The lowest BCUT2D eigenvalue weighted by atomic mass is 10.0. The topological polar surface area (TPSA) is 134 Å². The fourth-order valence-corrected chi connectivity index (χ4v) is 4.81. The van der Waals surface area contributed by atoms with Crippen molar-refractivity contribution in [1.29, 1.82) is 5.26 Å². The van der Waals surface area contributed by atoms with Gasteiger partial charge in [0.1, 0.15) is 6.61 Å². The number of piperidine rings is 1. The van der Waals surface area contributed by atoms with E-state index in [0.29, 0.717) is 29.4 Å². The average Bonchev–Trinajstić information content (AvgIpc) is 2.98. The average molecular weight is 537 g/mol. The maximum Gasteiger partial charge on any atom is 0.317 e. The molecule has 2 aromatic carbocycles. The minimum Gasteiger partial charge on any atom is -0.489 e. The summed E-state index contributed by atoms with van der Waals surface area (Å²) in [5.41, 5.74) is 3.30. The first-order valence-corrected chi connectivity index (χ1v) is 13.1. The maximum absolute atomic E-state index is 12.5. The van der Waals surface area contributed by atoms with E-state index in [4.69, 9.17) is 9.84 Å². The number of carbonyl (C=O) groups is 1. The fourth-order valence-electron chi connectivity index (χ4n) is 4.81. The molecule has 4 aromatic rings. The summed E-state index contributed by atoms with van der Waals surface area (Å²) >= 11 is 0. The van der Waals surface area contributed by atoms with Crippen LogP contribution in [0.15, 0.2) is 77.9 Å². The van der Waals surface area contributed by atoms with Crippen molar-refractivity contribution < 1.29 is 14.6 Å². The van der Waals surface area contributed by atoms with Crippen molar-refractivity contribution >= 4 is 5.97 Å². The first-order valence-electron chi connectivity index (χ1n) is 13.1. The van der Waals surface area contributed by atoms with Crippen LogP contribution in [0.3, 0.4) is 0 Å². The molecule has 1 aliphatic heterocycles. The van der Waals surface area contributed by atoms with Crippen LogP contribution < -0.4 is 10.3 Å². The molecule has 202 valence electrons. The quantitative estimate of drug-likeness (QED) is 0.340. The van der Waals surface area contributed by atoms with Crippen LogP contribution in [-0.2, 0) is 11.3 Å². The number of aliphatic carboxylic acids is 1. The minimum absolute atomic E-state index is 0.0140. The molecule has 1 atom stereocenters. The molecule has 0 amide bonds. The van der Waals surface area contributed by atoms with E-state index in [0.717, 1.165) is 42.5 Å². The summed E-state index contributed by atoms with van der Waals surface area (Å²) in [4.78, 5) is 34.6. The Morgan fingerprint density at radius 2 is 1.85 bits per heavy atom. The zero-order valence-corrected chi connectivity index (χ0v) is 21.8. The molecular weight excluding hydrogens is 508 g/mol. The first-order chi connectivity index (χ1) is 19.5. The van der Waals surface area contributed by atoms with Crippen molar-refractivity contribution in [1.82, 2.24) is 24.6 Å². The molecule has 2 aromatic heterocycles. The van der Waals surface area contributed by atoms with E-state index in [1.54, 1.807) is 36.7 Å². The third-order valence-corrected chi connectivity index (χ3v) is 6.83. The SMILES string of the molecule is N#Cc1cccc(-c2ccc(=O)n(Cc3cccc(-c4ncc(OCC5CCCCN5CC(=O)O)cn4)c3)n2)c1. The fraction of sp³-hybridized carbons (Fsp3) is 0.267. The summed E-state index contributed by atoms with van der Waals surface area (Å²) in [6.45, 7) is 1.41. The third-order valence-electron chi connectivity index (χ3n) is 6.83. The standard InChI is InChI=1S/C30H28N6O4/c31-15-21-5-3-7-23(13-21)27-10-11-28(37)36(34-27)18-22-6-4-8-24(14-22)30-32-16-26(17-33-30)40-20-25-9-1-2-12-35(25)19-29(38)39/h3-8,10-11,13-14,16-17,25H,1-2,9,12,18-20H2,(H,38,39). The molecule has 0 spiro atoms. The Bertz CT molecular complexity index is 1600. The van der Waals surface area contributed by atoms with Crippen LogP contribution in [0.5, 0.6) is 5.75 Å². The van der Waals surface area contributed by atoms with E-state index in [1.807, 2.05) is 35.2 Å². The van der Waals surface area contributed by atoms with E-state index < -0.39 is 5.97 Å². The highest BCUT2D eigenvalue weighted by molar-refractivity contribution is 5.69. The molecule has 1 saturated heterocycles. The van der Waals surface area contributed by atoms with Crippen molar-refractivity contribution in [2.24, 2.45) is 0 Å². The number of hydrogen-bond acceptors (Lipinski definition) is 8. The van der Waals surface area contributed by atoms with Crippen molar-refractivity contribution in [2.75, 3.05) is 19.7 Å². The second-order valence-corrected chi connectivity index (χ2v) is 9.67. The van der Waals surface area contributed by atoms with Gasteiger partial charge in [-0.05, 0) is 49.2 Å². The predicted octanol–water partition coefficient (Wildman–Crippen LogP) is 3.61. The molecule has 10 nitrogen and oxygen atoms in total. The van der Waals surface area contributed by atoms with Crippen molar-refractivity contribution in [3.05, 3.63) is 94.5 Å². The smallest absolute Gasteiger partial charge is 0.317 e. The summed E-state index contributed by atoms with van der Waals surface area (Å²) < 4.78 is 7.30. The minimum atomic E-state index is -0.833. The van der Waals surface area contributed by atoms with Gasteiger partial charge in [0.15, 0.2) is 11.6 Å². The third kappa shape index (κ3) is 6.57. The Morgan fingerprint density at radius 1 is 1.05 bits per heavy atom. The van der Waals surface area contributed by atoms with Gasteiger partial charge in [-0.15, -0.1) is 0 Å². The van der Waals surface area contributed by atoms with E-state index >= 15 is 0 Å². The molecule has 0 bridgehead atoms. The number of likely N-dealkylation sites (tertiary alicyclic amines) is 1. The van der Waals surface area contributed by atoms with Crippen molar-refractivity contribution in [3.8, 4) is 34.5 Å².